The number of carboxylic acid groups (broad SMARTS) is 1. The molecule has 0 saturated carbocycles. The molecule has 0 radical (unpaired) electrons. The highest BCUT2D eigenvalue weighted by Crippen LogP contribution is 2.33. The molecule has 0 saturated heterocycles. The molecule has 0 aliphatic rings. The fourth-order valence-electron chi connectivity index (χ4n) is 2.99. The topological polar surface area (TPSA) is 108 Å². The second-order valence-corrected chi connectivity index (χ2v) is 7.81. The molecule has 0 fully saturated rings. The van der Waals surface area contributed by atoms with Crippen LogP contribution in [0, 0.1) is 0 Å². The number of halogens is 2. The average Bonchev–Trinajstić information content (AvgIpc) is 2.70. The van der Waals surface area contributed by atoms with Crippen LogP contribution in [0.25, 0.3) is 0 Å². The lowest BCUT2D eigenvalue weighted by Crippen LogP contribution is -2.39. The Labute approximate surface area is 191 Å². The molecule has 2 rings (SSSR count). The largest absolute Gasteiger partial charge is 0.480 e. The molecule has 2 aromatic rings. The number of benzene rings is 2. The Morgan fingerprint density at radius 3 is 2.32 bits per heavy atom. The van der Waals surface area contributed by atoms with Crippen molar-refractivity contribution in [1.82, 2.24) is 10.6 Å². The summed E-state index contributed by atoms with van der Waals surface area (Å²) in [6.45, 7) is 1.69. The zero-order chi connectivity index (χ0) is 22.8. The van der Waals surface area contributed by atoms with E-state index in [9.17, 15) is 14.4 Å². The third-order valence-electron chi connectivity index (χ3n) is 4.51. The van der Waals surface area contributed by atoms with E-state index in [1.54, 1.807) is 18.2 Å². The van der Waals surface area contributed by atoms with E-state index in [4.69, 9.17) is 28.3 Å². The van der Waals surface area contributed by atoms with E-state index in [1.165, 1.54) is 6.92 Å². The monoisotopic (exact) mass is 465 g/mol. The third kappa shape index (κ3) is 8.11. The van der Waals surface area contributed by atoms with E-state index < -0.39 is 12.0 Å². The maximum absolute atomic E-state index is 12.4. The van der Waals surface area contributed by atoms with E-state index in [-0.39, 0.29) is 18.2 Å². The molecule has 0 aromatic heterocycles. The predicted molar refractivity (Wildman–Crippen MR) is 122 cm³/mol. The fourth-order valence-corrected chi connectivity index (χ4v) is 3.48. The highest BCUT2D eigenvalue weighted by Gasteiger charge is 2.17. The molecule has 0 unspecified atom stereocenters. The molecule has 2 amide bonds. The minimum Gasteiger partial charge on any atom is -0.480 e. The van der Waals surface area contributed by atoms with Crippen LogP contribution in [0.15, 0.2) is 42.5 Å². The van der Waals surface area contributed by atoms with E-state index in [1.807, 2.05) is 24.3 Å². The number of carbonyl (C=O) groups excluding carboxylic acids is 2. The number of hydrogen-bond acceptors (Lipinski definition) is 4. The highest BCUT2D eigenvalue weighted by molar-refractivity contribution is 6.39. The average molecular weight is 466 g/mol. The molecular formula is C22H25Cl2N3O4. The number of rotatable bonds is 11. The Bertz CT molecular complexity index is 916. The Morgan fingerprint density at radius 2 is 1.68 bits per heavy atom. The molecule has 1 atom stereocenters. The molecule has 0 bridgehead atoms. The molecule has 2 aromatic carbocycles. The minimum atomic E-state index is -1.07. The molecule has 31 heavy (non-hydrogen) atoms. The molecule has 0 aliphatic heterocycles. The first-order chi connectivity index (χ1) is 14.8. The van der Waals surface area contributed by atoms with Gasteiger partial charge in [0.1, 0.15) is 6.04 Å². The van der Waals surface area contributed by atoms with Crippen molar-refractivity contribution in [1.29, 1.82) is 0 Å². The van der Waals surface area contributed by atoms with Gasteiger partial charge in [0.25, 0.3) is 0 Å². The Hall–Kier alpha value is -2.77. The lowest BCUT2D eigenvalue weighted by atomic mass is 10.1. The standard InChI is InChI=1S/C22H25Cl2N3O4/c1-14(28)26-19(22(30)31)11-4-5-12-25-20(29)13-15-7-2-3-10-18(15)27-21-16(23)8-6-9-17(21)24/h2-3,6-10,19,27H,4-5,11-13H2,1H3,(H,25,29)(H,26,28)(H,30,31)/t19-/m0/s1. The van der Waals surface area contributed by atoms with Crippen molar-refractivity contribution in [3.63, 3.8) is 0 Å². The first-order valence-corrected chi connectivity index (χ1v) is 10.6. The number of amides is 2. The van der Waals surface area contributed by atoms with Gasteiger partial charge in [-0.05, 0) is 43.0 Å². The SMILES string of the molecule is CC(=O)N[C@@H](CCCCNC(=O)Cc1ccccc1Nc1c(Cl)cccc1Cl)C(=O)O. The quantitative estimate of drug-likeness (QED) is 0.372. The van der Waals surface area contributed by atoms with Crippen LogP contribution in [-0.4, -0.2) is 35.5 Å². The number of nitrogens with one attached hydrogen (secondary N) is 3. The van der Waals surface area contributed by atoms with E-state index in [2.05, 4.69) is 16.0 Å². The predicted octanol–water partition coefficient (Wildman–Crippen LogP) is 4.16. The van der Waals surface area contributed by atoms with Crippen LogP contribution in [0.1, 0.15) is 31.7 Å². The third-order valence-corrected chi connectivity index (χ3v) is 5.14. The molecule has 166 valence electrons. The summed E-state index contributed by atoms with van der Waals surface area (Å²) in [5.41, 5.74) is 2.09. The maximum atomic E-state index is 12.4. The van der Waals surface area contributed by atoms with Crippen molar-refractivity contribution < 1.29 is 19.5 Å². The van der Waals surface area contributed by atoms with Crippen LogP contribution in [-0.2, 0) is 20.8 Å². The van der Waals surface area contributed by atoms with Crippen LogP contribution >= 0.6 is 23.2 Å². The summed E-state index contributed by atoms with van der Waals surface area (Å²) in [6.07, 6.45) is 1.62. The summed E-state index contributed by atoms with van der Waals surface area (Å²) < 4.78 is 0. The van der Waals surface area contributed by atoms with Crippen LogP contribution in [0.2, 0.25) is 10.0 Å². The first kappa shape index (κ1) is 24.5. The second-order valence-electron chi connectivity index (χ2n) is 6.99. The molecular weight excluding hydrogens is 441 g/mol. The number of carboxylic acids is 1. The lowest BCUT2D eigenvalue weighted by molar-refractivity contribution is -0.141. The van der Waals surface area contributed by atoms with Gasteiger partial charge in [-0.1, -0.05) is 47.5 Å². The van der Waals surface area contributed by atoms with Crippen LogP contribution in [0.4, 0.5) is 11.4 Å². The van der Waals surface area contributed by atoms with E-state index in [0.717, 1.165) is 11.3 Å². The van der Waals surface area contributed by atoms with Gasteiger partial charge in [-0.3, -0.25) is 9.59 Å². The first-order valence-electron chi connectivity index (χ1n) is 9.83. The van der Waals surface area contributed by atoms with Crippen molar-refractivity contribution >= 4 is 52.4 Å². The molecule has 0 aliphatic carbocycles. The Balaban J connectivity index is 1.85. The normalized spacial score (nSPS) is 11.5. The second kappa shape index (κ2) is 12.2. The molecule has 7 nitrogen and oxygen atoms in total. The summed E-state index contributed by atoms with van der Waals surface area (Å²) in [7, 11) is 0. The summed E-state index contributed by atoms with van der Waals surface area (Å²) in [4.78, 5) is 34.5. The van der Waals surface area contributed by atoms with Crippen molar-refractivity contribution in [3.05, 3.63) is 58.1 Å². The van der Waals surface area contributed by atoms with Crippen molar-refractivity contribution in [2.75, 3.05) is 11.9 Å². The van der Waals surface area contributed by atoms with Gasteiger partial charge >= 0.3 is 5.97 Å². The van der Waals surface area contributed by atoms with Gasteiger partial charge in [-0.25, -0.2) is 4.79 Å². The van der Waals surface area contributed by atoms with Gasteiger partial charge in [-0.2, -0.15) is 0 Å². The van der Waals surface area contributed by atoms with Gasteiger partial charge in [0.15, 0.2) is 0 Å². The van der Waals surface area contributed by atoms with Gasteiger partial charge in [0.2, 0.25) is 11.8 Å². The zero-order valence-corrected chi connectivity index (χ0v) is 18.6. The lowest BCUT2D eigenvalue weighted by Gasteiger charge is -2.15. The number of anilines is 2. The van der Waals surface area contributed by atoms with Gasteiger partial charge in [0, 0.05) is 19.2 Å². The highest BCUT2D eigenvalue weighted by atomic mass is 35.5. The van der Waals surface area contributed by atoms with Crippen LogP contribution < -0.4 is 16.0 Å². The Kier molecular flexibility index (Phi) is 9.62. The van der Waals surface area contributed by atoms with Gasteiger partial charge in [0.05, 0.1) is 22.2 Å². The maximum Gasteiger partial charge on any atom is 0.326 e. The Morgan fingerprint density at radius 1 is 1.00 bits per heavy atom. The smallest absolute Gasteiger partial charge is 0.326 e. The number of aliphatic carboxylic acids is 1. The van der Waals surface area contributed by atoms with E-state index >= 15 is 0 Å². The van der Waals surface area contributed by atoms with Crippen molar-refractivity contribution in [2.24, 2.45) is 0 Å². The molecule has 0 spiro atoms. The number of unbranched alkanes of at least 4 members (excludes halogenated alkanes) is 1. The minimum absolute atomic E-state index is 0.156. The van der Waals surface area contributed by atoms with Gasteiger partial charge < -0.3 is 21.1 Å². The fraction of sp³-hybridized carbons (Fsp3) is 0.318. The van der Waals surface area contributed by atoms with E-state index in [0.29, 0.717) is 41.5 Å². The molecule has 4 N–H and O–H groups in total. The van der Waals surface area contributed by atoms with Crippen molar-refractivity contribution in [3.8, 4) is 0 Å². The van der Waals surface area contributed by atoms with Gasteiger partial charge in [-0.15, -0.1) is 0 Å². The molecule has 0 heterocycles. The van der Waals surface area contributed by atoms with Crippen LogP contribution in [0.3, 0.4) is 0 Å². The number of carbonyl (C=O) groups is 3. The number of hydrogen-bond donors (Lipinski definition) is 4. The summed E-state index contributed by atoms with van der Waals surface area (Å²) in [5, 5.41) is 18.5. The van der Waals surface area contributed by atoms with Crippen molar-refractivity contribution in [2.45, 2.75) is 38.6 Å². The summed E-state index contributed by atoms with van der Waals surface area (Å²) >= 11 is 12.4. The number of para-hydroxylation sites is 2. The zero-order valence-electron chi connectivity index (χ0n) is 17.1. The summed E-state index contributed by atoms with van der Waals surface area (Å²) in [6, 6.07) is 11.7. The molecule has 9 heteroatoms. The van der Waals surface area contributed by atoms with Crippen LogP contribution in [0.5, 0.6) is 0 Å². The summed E-state index contributed by atoms with van der Waals surface area (Å²) in [5.74, 6) is -1.61.